The van der Waals surface area contributed by atoms with Crippen LogP contribution in [0.25, 0.3) is 29.0 Å². The molecule has 1 heterocycles. The second-order valence-electron chi connectivity index (χ2n) is 6.42. The molecule has 0 unspecified atom stereocenters. The first-order valence-electron chi connectivity index (χ1n) is 9.34. The van der Waals surface area contributed by atoms with Crippen molar-refractivity contribution in [2.24, 2.45) is 0 Å². The Morgan fingerprint density at radius 3 is 2.40 bits per heavy atom. The van der Waals surface area contributed by atoms with Crippen LogP contribution in [0.1, 0.15) is 5.56 Å². The summed E-state index contributed by atoms with van der Waals surface area (Å²) < 4.78 is 11.1. The van der Waals surface area contributed by atoms with Gasteiger partial charge in [0.1, 0.15) is 5.75 Å². The fourth-order valence-corrected chi connectivity index (χ4v) is 2.92. The predicted molar refractivity (Wildman–Crippen MR) is 116 cm³/mol. The average Bonchev–Trinajstić information content (AvgIpc) is 3.29. The number of carbonyl (C=O) groups is 1. The number of benzene rings is 3. The van der Waals surface area contributed by atoms with Crippen LogP contribution >= 0.6 is 0 Å². The van der Waals surface area contributed by atoms with Gasteiger partial charge in [-0.05, 0) is 42.5 Å². The van der Waals surface area contributed by atoms with Crippen molar-refractivity contribution >= 4 is 17.7 Å². The Bertz CT molecular complexity index is 1180. The number of rotatable bonds is 6. The molecule has 148 valence electrons. The Hall–Kier alpha value is -4.19. The van der Waals surface area contributed by atoms with Crippen LogP contribution in [-0.2, 0) is 4.79 Å². The van der Waals surface area contributed by atoms with Crippen molar-refractivity contribution in [3.63, 3.8) is 0 Å². The first-order chi connectivity index (χ1) is 14.7. The molecule has 1 aromatic heterocycles. The van der Waals surface area contributed by atoms with E-state index in [1.807, 2.05) is 66.7 Å². The van der Waals surface area contributed by atoms with Crippen LogP contribution in [0.5, 0.6) is 5.75 Å². The van der Waals surface area contributed by atoms with Crippen molar-refractivity contribution in [2.75, 3.05) is 12.4 Å². The lowest BCUT2D eigenvalue weighted by Crippen LogP contribution is -2.07. The van der Waals surface area contributed by atoms with Gasteiger partial charge in [-0.25, -0.2) is 0 Å². The first-order valence-corrected chi connectivity index (χ1v) is 9.34. The summed E-state index contributed by atoms with van der Waals surface area (Å²) >= 11 is 0. The van der Waals surface area contributed by atoms with Crippen LogP contribution < -0.4 is 10.1 Å². The quantitative estimate of drug-likeness (QED) is 0.460. The lowest BCUT2D eigenvalue weighted by molar-refractivity contribution is -0.111. The van der Waals surface area contributed by atoms with Gasteiger partial charge in [-0.3, -0.25) is 4.79 Å². The summed E-state index contributed by atoms with van der Waals surface area (Å²) in [5.41, 5.74) is 3.02. The molecule has 4 rings (SSSR count). The standard InChI is InChI=1S/C24H19N3O3/c1-29-21-13-6-5-8-17(21)14-15-22(28)25-20-12-7-11-19(16-20)24-27-26-23(30-24)18-9-3-2-4-10-18/h2-16H,1H3,(H,25,28)/b15-14+. The van der Waals surface area contributed by atoms with Gasteiger partial charge in [0.2, 0.25) is 17.7 Å². The van der Waals surface area contributed by atoms with E-state index in [9.17, 15) is 4.79 Å². The van der Waals surface area contributed by atoms with Gasteiger partial charge >= 0.3 is 0 Å². The number of carbonyl (C=O) groups excluding carboxylic acids is 1. The first kappa shape index (κ1) is 19.1. The fourth-order valence-electron chi connectivity index (χ4n) is 2.92. The number of nitrogens with zero attached hydrogens (tertiary/aromatic N) is 2. The van der Waals surface area contributed by atoms with Crippen molar-refractivity contribution in [2.45, 2.75) is 0 Å². The molecule has 30 heavy (non-hydrogen) atoms. The van der Waals surface area contributed by atoms with E-state index in [1.54, 1.807) is 25.3 Å². The van der Waals surface area contributed by atoms with Crippen LogP contribution in [0.3, 0.4) is 0 Å². The zero-order chi connectivity index (χ0) is 20.8. The van der Waals surface area contributed by atoms with Gasteiger partial charge in [0.05, 0.1) is 7.11 Å². The van der Waals surface area contributed by atoms with Crippen molar-refractivity contribution < 1.29 is 13.9 Å². The highest BCUT2D eigenvalue weighted by Gasteiger charge is 2.11. The normalized spacial score (nSPS) is 10.8. The van der Waals surface area contributed by atoms with Crippen molar-refractivity contribution in [3.05, 3.63) is 90.5 Å². The van der Waals surface area contributed by atoms with Crippen LogP contribution in [0, 0.1) is 0 Å². The van der Waals surface area contributed by atoms with Gasteiger partial charge < -0.3 is 14.5 Å². The smallest absolute Gasteiger partial charge is 0.248 e. The summed E-state index contributed by atoms with van der Waals surface area (Å²) in [6, 6.07) is 24.3. The summed E-state index contributed by atoms with van der Waals surface area (Å²) in [6.45, 7) is 0. The number of ether oxygens (including phenoxy) is 1. The van der Waals surface area contributed by atoms with E-state index in [0.717, 1.165) is 16.7 Å². The lowest BCUT2D eigenvalue weighted by Gasteiger charge is -2.05. The molecule has 0 fully saturated rings. The van der Waals surface area contributed by atoms with Gasteiger partial charge in [0.25, 0.3) is 0 Å². The van der Waals surface area contributed by atoms with E-state index < -0.39 is 0 Å². The van der Waals surface area contributed by atoms with E-state index in [1.165, 1.54) is 6.08 Å². The Labute approximate surface area is 173 Å². The highest BCUT2D eigenvalue weighted by Crippen LogP contribution is 2.25. The van der Waals surface area contributed by atoms with Gasteiger partial charge in [-0.1, -0.05) is 42.5 Å². The summed E-state index contributed by atoms with van der Waals surface area (Å²) in [7, 11) is 1.60. The van der Waals surface area contributed by atoms with E-state index in [0.29, 0.717) is 23.2 Å². The van der Waals surface area contributed by atoms with Gasteiger partial charge in [0, 0.05) is 28.5 Å². The molecule has 1 N–H and O–H groups in total. The highest BCUT2D eigenvalue weighted by molar-refractivity contribution is 6.02. The Balaban J connectivity index is 1.48. The molecule has 1 amide bonds. The Morgan fingerprint density at radius 2 is 1.60 bits per heavy atom. The minimum Gasteiger partial charge on any atom is -0.496 e. The molecule has 6 nitrogen and oxygen atoms in total. The molecule has 0 saturated heterocycles. The van der Waals surface area contributed by atoms with Crippen molar-refractivity contribution in [1.29, 1.82) is 0 Å². The van der Waals surface area contributed by atoms with E-state index in [2.05, 4.69) is 15.5 Å². The van der Waals surface area contributed by atoms with Gasteiger partial charge in [0.15, 0.2) is 0 Å². The van der Waals surface area contributed by atoms with Crippen LogP contribution in [0.2, 0.25) is 0 Å². The minimum absolute atomic E-state index is 0.256. The van der Waals surface area contributed by atoms with Crippen LogP contribution in [0.4, 0.5) is 5.69 Å². The fraction of sp³-hybridized carbons (Fsp3) is 0.0417. The Morgan fingerprint density at radius 1 is 0.900 bits per heavy atom. The molecular weight excluding hydrogens is 378 g/mol. The zero-order valence-electron chi connectivity index (χ0n) is 16.3. The average molecular weight is 397 g/mol. The SMILES string of the molecule is COc1ccccc1/C=C/C(=O)Nc1cccc(-c2nnc(-c3ccccc3)o2)c1. The number of nitrogens with one attached hydrogen (secondary N) is 1. The molecule has 3 aromatic carbocycles. The summed E-state index contributed by atoms with van der Waals surface area (Å²) in [6.07, 6.45) is 3.17. The predicted octanol–water partition coefficient (Wildman–Crippen LogP) is 5.06. The number of amides is 1. The second-order valence-corrected chi connectivity index (χ2v) is 6.42. The maximum atomic E-state index is 12.3. The van der Waals surface area contributed by atoms with Gasteiger partial charge in [-0.2, -0.15) is 0 Å². The molecule has 0 bridgehead atoms. The number of para-hydroxylation sites is 1. The molecule has 0 aliphatic carbocycles. The van der Waals surface area contributed by atoms with E-state index in [-0.39, 0.29) is 5.91 Å². The molecular formula is C24H19N3O3. The number of anilines is 1. The molecule has 0 aliphatic rings. The third-order valence-electron chi connectivity index (χ3n) is 4.38. The van der Waals surface area contributed by atoms with Gasteiger partial charge in [-0.15, -0.1) is 10.2 Å². The van der Waals surface area contributed by atoms with Crippen molar-refractivity contribution in [1.82, 2.24) is 10.2 Å². The molecule has 6 heteroatoms. The molecule has 0 spiro atoms. The number of hydrogen-bond donors (Lipinski definition) is 1. The Kier molecular flexibility index (Phi) is 5.66. The van der Waals surface area contributed by atoms with E-state index in [4.69, 9.17) is 9.15 Å². The van der Waals surface area contributed by atoms with Crippen LogP contribution in [-0.4, -0.2) is 23.2 Å². The minimum atomic E-state index is -0.256. The maximum absolute atomic E-state index is 12.3. The third-order valence-corrected chi connectivity index (χ3v) is 4.38. The summed E-state index contributed by atoms with van der Waals surface area (Å²) in [4.78, 5) is 12.3. The second kappa shape index (κ2) is 8.87. The lowest BCUT2D eigenvalue weighted by atomic mass is 10.2. The molecule has 4 aromatic rings. The molecule has 0 radical (unpaired) electrons. The third kappa shape index (κ3) is 4.44. The van der Waals surface area contributed by atoms with Crippen LogP contribution in [0.15, 0.2) is 89.4 Å². The molecule has 0 atom stereocenters. The number of hydrogen-bond acceptors (Lipinski definition) is 5. The highest BCUT2D eigenvalue weighted by atomic mass is 16.5. The summed E-state index contributed by atoms with van der Waals surface area (Å²) in [5, 5.41) is 11.1. The van der Waals surface area contributed by atoms with E-state index >= 15 is 0 Å². The maximum Gasteiger partial charge on any atom is 0.248 e. The largest absolute Gasteiger partial charge is 0.496 e. The zero-order valence-corrected chi connectivity index (χ0v) is 16.3. The molecule has 0 aliphatic heterocycles. The van der Waals surface area contributed by atoms with Crippen molar-refractivity contribution in [3.8, 4) is 28.7 Å². The molecule has 0 saturated carbocycles. The summed E-state index contributed by atoms with van der Waals surface area (Å²) in [5.74, 6) is 1.28. The monoisotopic (exact) mass is 397 g/mol. The number of aromatic nitrogens is 2. The topological polar surface area (TPSA) is 77.2 Å². The number of methoxy groups -OCH3 is 1.